The molecule has 0 bridgehead atoms. The third-order valence-corrected chi connectivity index (χ3v) is 4.07. The number of rotatable bonds is 5. The van der Waals surface area contributed by atoms with Crippen LogP contribution in [0.2, 0.25) is 5.02 Å². The number of nitrogens with zero attached hydrogens (tertiary/aromatic N) is 1. The maximum absolute atomic E-state index is 11.9. The van der Waals surface area contributed by atoms with Gasteiger partial charge in [0.05, 0.1) is 11.1 Å². The Bertz CT molecular complexity index is 569. The number of hydrogen-bond acceptors (Lipinski definition) is 3. The number of carbonyl (C=O) groups is 1. The molecule has 0 aromatic heterocycles. The molecule has 1 fully saturated rings. The molecule has 0 radical (unpaired) electrons. The maximum atomic E-state index is 11.9. The van der Waals surface area contributed by atoms with Gasteiger partial charge in [-0.15, -0.1) is 0 Å². The lowest BCUT2D eigenvalue weighted by atomic mass is 9.98. The summed E-state index contributed by atoms with van der Waals surface area (Å²) in [6.07, 6.45) is 1.95. The van der Waals surface area contributed by atoms with Crippen LogP contribution in [0.25, 0.3) is 0 Å². The minimum absolute atomic E-state index is 0.161. The van der Waals surface area contributed by atoms with E-state index in [2.05, 4.69) is 27.3 Å². The van der Waals surface area contributed by atoms with Crippen molar-refractivity contribution in [3.63, 3.8) is 0 Å². The van der Waals surface area contributed by atoms with E-state index in [0.29, 0.717) is 10.8 Å². The van der Waals surface area contributed by atoms with Crippen molar-refractivity contribution in [3.05, 3.63) is 27.7 Å². The van der Waals surface area contributed by atoms with Gasteiger partial charge in [-0.2, -0.15) is 5.26 Å². The summed E-state index contributed by atoms with van der Waals surface area (Å²) in [5.41, 5.74) is -0.802. The van der Waals surface area contributed by atoms with Crippen LogP contribution < -0.4 is 10.1 Å². The summed E-state index contributed by atoms with van der Waals surface area (Å²) >= 11 is 9.29. The van der Waals surface area contributed by atoms with Gasteiger partial charge in [-0.05, 0) is 43.9 Å². The molecule has 20 heavy (non-hydrogen) atoms. The van der Waals surface area contributed by atoms with Crippen molar-refractivity contribution in [2.75, 3.05) is 6.61 Å². The van der Waals surface area contributed by atoms with E-state index in [-0.39, 0.29) is 18.4 Å². The Kier molecular flexibility index (Phi) is 4.56. The number of amides is 1. The van der Waals surface area contributed by atoms with Gasteiger partial charge in [0.25, 0.3) is 5.91 Å². The van der Waals surface area contributed by atoms with Crippen molar-refractivity contribution in [2.45, 2.75) is 25.3 Å². The van der Waals surface area contributed by atoms with Crippen LogP contribution in [0.1, 0.15) is 19.8 Å². The van der Waals surface area contributed by atoms with Crippen LogP contribution in [0, 0.1) is 17.2 Å². The van der Waals surface area contributed by atoms with E-state index in [0.717, 1.165) is 17.3 Å². The standard InChI is InChI=1S/C14H14BrClN2O2/c1-14(8-17,9-2-3-9)18-13(19)7-20-12-5-4-10(15)6-11(12)16/h4-6,9H,2-3,7H2,1H3,(H,18,19). The van der Waals surface area contributed by atoms with Gasteiger partial charge in [0.1, 0.15) is 11.3 Å². The normalized spacial score (nSPS) is 16.9. The van der Waals surface area contributed by atoms with Gasteiger partial charge in [0.15, 0.2) is 6.61 Å². The molecule has 4 nitrogen and oxygen atoms in total. The highest BCUT2D eigenvalue weighted by Gasteiger charge is 2.43. The Morgan fingerprint density at radius 1 is 1.65 bits per heavy atom. The van der Waals surface area contributed by atoms with Crippen LogP contribution in [-0.2, 0) is 4.79 Å². The number of halogens is 2. The number of nitrogens with one attached hydrogen (secondary N) is 1. The zero-order valence-corrected chi connectivity index (χ0v) is 13.3. The fourth-order valence-electron chi connectivity index (χ4n) is 1.94. The van der Waals surface area contributed by atoms with Crippen molar-refractivity contribution < 1.29 is 9.53 Å². The second kappa shape index (κ2) is 6.02. The average Bonchev–Trinajstić information content (AvgIpc) is 3.22. The molecule has 1 aromatic rings. The molecule has 0 saturated heterocycles. The van der Waals surface area contributed by atoms with Crippen molar-refractivity contribution in [1.29, 1.82) is 5.26 Å². The first-order valence-corrected chi connectivity index (χ1v) is 7.42. The lowest BCUT2D eigenvalue weighted by molar-refractivity contribution is -0.124. The number of carbonyl (C=O) groups excluding carboxylic acids is 1. The molecule has 106 valence electrons. The van der Waals surface area contributed by atoms with E-state index < -0.39 is 5.54 Å². The van der Waals surface area contributed by atoms with Crippen LogP contribution in [0.4, 0.5) is 0 Å². The van der Waals surface area contributed by atoms with Crippen LogP contribution in [0.5, 0.6) is 5.75 Å². The van der Waals surface area contributed by atoms with Crippen LogP contribution in [0.3, 0.4) is 0 Å². The summed E-state index contributed by atoms with van der Waals surface area (Å²) in [4.78, 5) is 11.9. The molecule has 0 spiro atoms. The molecule has 1 unspecified atom stereocenters. The van der Waals surface area contributed by atoms with Gasteiger partial charge < -0.3 is 10.1 Å². The fourth-order valence-corrected chi connectivity index (χ4v) is 2.67. The third-order valence-electron chi connectivity index (χ3n) is 3.28. The molecule has 1 aliphatic carbocycles. The van der Waals surface area contributed by atoms with Crippen LogP contribution >= 0.6 is 27.5 Å². The van der Waals surface area contributed by atoms with Gasteiger partial charge in [0.2, 0.25) is 0 Å². The Morgan fingerprint density at radius 2 is 2.35 bits per heavy atom. The zero-order chi connectivity index (χ0) is 14.8. The highest BCUT2D eigenvalue weighted by molar-refractivity contribution is 9.10. The lowest BCUT2D eigenvalue weighted by Crippen LogP contribution is -2.48. The van der Waals surface area contributed by atoms with Crippen molar-refractivity contribution >= 4 is 33.4 Å². The summed E-state index contributed by atoms with van der Waals surface area (Å²) in [5.74, 6) is 0.364. The van der Waals surface area contributed by atoms with E-state index >= 15 is 0 Å². The molecule has 0 heterocycles. The molecule has 1 saturated carbocycles. The van der Waals surface area contributed by atoms with Crippen LogP contribution in [0.15, 0.2) is 22.7 Å². The summed E-state index contributed by atoms with van der Waals surface area (Å²) in [6, 6.07) is 7.33. The largest absolute Gasteiger partial charge is 0.482 e. The van der Waals surface area contributed by atoms with E-state index in [1.54, 1.807) is 25.1 Å². The van der Waals surface area contributed by atoms with Gasteiger partial charge >= 0.3 is 0 Å². The van der Waals surface area contributed by atoms with Crippen molar-refractivity contribution in [3.8, 4) is 11.8 Å². The second-order valence-electron chi connectivity index (χ2n) is 5.00. The number of benzene rings is 1. The second-order valence-corrected chi connectivity index (χ2v) is 6.32. The van der Waals surface area contributed by atoms with E-state index in [1.807, 2.05) is 0 Å². The smallest absolute Gasteiger partial charge is 0.259 e. The molecule has 2 rings (SSSR count). The van der Waals surface area contributed by atoms with Gasteiger partial charge in [0, 0.05) is 4.47 Å². The first-order valence-electron chi connectivity index (χ1n) is 6.25. The molecule has 1 aromatic carbocycles. The molecular weight excluding hydrogens is 344 g/mol. The summed E-state index contributed by atoms with van der Waals surface area (Å²) in [5, 5.41) is 12.3. The zero-order valence-electron chi connectivity index (χ0n) is 11.0. The Labute approximate surface area is 131 Å². The minimum atomic E-state index is -0.802. The number of hydrogen-bond donors (Lipinski definition) is 1. The monoisotopic (exact) mass is 356 g/mol. The molecule has 6 heteroatoms. The quantitative estimate of drug-likeness (QED) is 0.879. The molecule has 0 aliphatic heterocycles. The lowest BCUT2D eigenvalue weighted by Gasteiger charge is -2.22. The van der Waals surface area contributed by atoms with Crippen molar-refractivity contribution in [1.82, 2.24) is 5.32 Å². The van der Waals surface area contributed by atoms with Gasteiger partial charge in [-0.1, -0.05) is 27.5 Å². The summed E-state index contributed by atoms with van der Waals surface area (Å²) < 4.78 is 6.21. The SMILES string of the molecule is CC(C#N)(NC(=O)COc1ccc(Br)cc1Cl)C1CC1. The highest BCUT2D eigenvalue weighted by Crippen LogP contribution is 2.39. The summed E-state index contributed by atoms with van der Waals surface area (Å²) in [6.45, 7) is 1.58. The molecule has 1 atom stereocenters. The molecule has 1 N–H and O–H groups in total. The van der Waals surface area contributed by atoms with Gasteiger partial charge in [-0.25, -0.2) is 0 Å². The van der Waals surface area contributed by atoms with Crippen LogP contribution in [-0.4, -0.2) is 18.1 Å². The van der Waals surface area contributed by atoms with E-state index in [9.17, 15) is 10.1 Å². The van der Waals surface area contributed by atoms with E-state index in [4.69, 9.17) is 16.3 Å². The average molecular weight is 358 g/mol. The molecular formula is C14H14BrClN2O2. The first-order chi connectivity index (χ1) is 9.44. The predicted octanol–water partition coefficient (Wildman–Crippen LogP) is 3.29. The Hall–Kier alpha value is -1.25. The molecule has 1 amide bonds. The minimum Gasteiger partial charge on any atom is -0.482 e. The highest BCUT2D eigenvalue weighted by atomic mass is 79.9. The first kappa shape index (κ1) is 15.1. The molecule has 1 aliphatic rings. The summed E-state index contributed by atoms with van der Waals surface area (Å²) in [7, 11) is 0. The topological polar surface area (TPSA) is 62.1 Å². The van der Waals surface area contributed by atoms with E-state index in [1.165, 1.54) is 0 Å². The number of nitriles is 1. The fraction of sp³-hybridized carbons (Fsp3) is 0.429. The van der Waals surface area contributed by atoms with Gasteiger partial charge in [-0.3, -0.25) is 4.79 Å². The maximum Gasteiger partial charge on any atom is 0.259 e. The Morgan fingerprint density at radius 3 is 2.90 bits per heavy atom. The number of ether oxygens (including phenoxy) is 1. The third kappa shape index (κ3) is 3.65. The Balaban J connectivity index is 1.90. The predicted molar refractivity (Wildman–Crippen MR) is 79.5 cm³/mol. The van der Waals surface area contributed by atoms with Crippen molar-refractivity contribution in [2.24, 2.45) is 5.92 Å².